The summed E-state index contributed by atoms with van der Waals surface area (Å²) in [5.41, 5.74) is 1.42. The Hall–Kier alpha value is 0.501. The van der Waals surface area contributed by atoms with Crippen molar-refractivity contribution in [2.75, 3.05) is 0 Å². The van der Waals surface area contributed by atoms with Gasteiger partial charge in [0.2, 0.25) is 0 Å². The standard InChI is InChI=1S/C7H6Cl.3BF4.K/c1-6-2-4-7(8)5-3-6;3*2-1(3,4)5;/h2-5H,1H2;;;;/q;3*-1;. The summed E-state index contributed by atoms with van der Waals surface area (Å²) in [4.78, 5) is 0. The van der Waals surface area contributed by atoms with E-state index in [0.29, 0.717) is 0 Å². The summed E-state index contributed by atoms with van der Waals surface area (Å²) < 4.78 is 118. The molecule has 0 atom stereocenters. The minimum Gasteiger partial charge on any atom is -0.418 e. The maximum atomic E-state index is 9.75. The average Bonchev–Trinajstić information content (AvgIpc) is 2.23. The predicted octanol–water partition coefficient (Wildman–Crippen LogP) is 5.91. The minimum atomic E-state index is -6.00. The Morgan fingerprint density at radius 3 is 1.00 bits per heavy atom. The summed E-state index contributed by atoms with van der Waals surface area (Å²) in [6, 6.07) is 8.08. The van der Waals surface area contributed by atoms with E-state index in [1.807, 2.05) is 12.1 Å². The minimum absolute atomic E-state index is 0.833. The molecule has 0 unspecified atom stereocenters. The average molecular weight is 425 g/mol. The molecule has 0 saturated heterocycles. The van der Waals surface area contributed by atoms with Crippen molar-refractivity contribution >= 4 is 82.3 Å². The van der Waals surface area contributed by atoms with E-state index in [4.69, 9.17) is 11.6 Å². The second kappa shape index (κ2) is 13.7. The van der Waals surface area contributed by atoms with Gasteiger partial charge in [0, 0.05) is 0 Å². The van der Waals surface area contributed by atoms with E-state index in [2.05, 4.69) is 12.1 Å². The Morgan fingerprint density at radius 2 is 0.833 bits per heavy atom. The second-order valence-electron chi connectivity index (χ2n) is 3.46. The molecule has 0 nitrogen and oxygen atoms in total. The van der Waals surface area contributed by atoms with Gasteiger partial charge in [-0.05, 0) is 0 Å². The van der Waals surface area contributed by atoms with Crippen molar-refractivity contribution < 1.29 is 51.8 Å². The van der Waals surface area contributed by atoms with Crippen LogP contribution in [0.25, 0.3) is 0 Å². The van der Waals surface area contributed by atoms with Gasteiger partial charge in [-0.3, -0.25) is 0 Å². The Balaban J connectivity index is -0.000000259. The van der Waals surface area contributed by atoms with Gasteiger partial charge in [-0.25, -0.2) is 0 Å². The summed E-state index contributed by atoms with van der Waals surface area (Å²) in [5.74, 6) is 0. The van der Waals surface area contributed by atoms with Crippen molar-refractivity contribution in [3.05, 3.63) is 34.9 Å². The second-order valence-corrected chi connectivity index (χ2v) is 5.01. The Morgan fingerprint density at radius 1 is 0.625 bits per heavy atom. The topological polar surface area (TPSA) is 0 Å². The molecular formula is C7H6B3ClF12K-3. The quantitative estimate of drug-likeness (QED) is 0.388. The Kier molecular flexibility index (Phi) is 16.7. The summed E-state index contributed by atoms with van der Waals surface area (Å²) in [6.07, 6.45) is 0. The normalized spacial score (nSPS) is 11.1. The molecule has 0 N–H and O–H groups in total. The molecule has 0 aliphatic rings. The van der Waals surface area contributed by atoms with Crippen LogP contribution in [0.4, 0.5) is 51.8 Å². The SMILES string of the molecule is Clc1ccc([CH2][K])cc1.F[B-](F)(F)F.F[B-](F)(F)F.F[B-](F)(F)F. The molecule has 0 amide bonds. The van der Waals surface area contributed by atoms with E-state index < -0.39 is 21.8 Å². The molecule has 0 aromatic heterocycles. The fourth-order valence-electron chi connectivity index (χ4n) is 0.720. The number of benzene rings is 1. The van der Waals surface area contributed by atoms with E-state index in [1.54, 1.807) is 0 Å². The van der Waals surface area contributed by atoms with Crippen LogP contribution < -0.4 is 0 Å². The first kappa shape index (κ1) is 29.3. The smallest absolute Gasteiger partial charge is 0.418 e. The maximum absolute atomic E-state index is 9.75. The Labute approximate surface area is 168 Å². The molecule has 17 heteroatoms. The molecule has 0 aliphatic carbocycles. The van der Waals surface area contributed by atoms with E-state index >= 15 is 0 Å². The summed E-state index contributed by atoms with van der Waals surface area (Å²) in [7, 11) is -18.0. The molecule has 0 spiro atoms. The van der Waals surface area contributed by atoms with Crippen molar-refractivity contribution in [3.63, 3.8) is 0 Å². The van der Waals surface area contributed by atoms with Crippen molar-refractivity contribution in [3.8, 4) is 0 Å². The first-order chi connectivity index (χ1) is 10.3. The van der Waals surface area contributed by atoms with Crippen LogP contribution in [0.5, 0.6) is 0 Å². The zero-order valence-corrected chi connectivity index (χ0v) is 15.5. The third-order valence-electron chi connectivity index (χ3n) is 1.32. The zero-order chi connectivity index (χ0) is 20.2. The van der Waals surface area contributed by atoms with Crippen LogP contribution >= 0.6 is 11.6 Å². The van der Waals surface area contributed by atoms with Crippen molar-refractivity contribution in [1.82, 2.24) is 0 Å². The van der Waals surface area contributed by atoms with Crippen LogP contribution in [-0.2, 0) is 0.515 Å². The van der Waals surface area contributed by atoms with Crippen LogP contribution in [-0.4, -0.2) is 70.7 Å². The molecular weight excluding hydrogens is 419 g/mol. The van der Waals surface area contributed by atoms with E-state index in [1.165, 1.54) is 6.08 Å². The fraction of sp³-hybridized carbons (Fsp3) is 0.143. The zero-order valence-electron chi connectivity index (χ0n) is 11.7. The fourth-order valence-corrected chi connectivity index (χ4v) is 1.58. The molecule has 1 aromatic rings. The van der Waals surface area contributed by atoms with Gasteiger partial charge in [0.05, 0.1) is 0 Å². The number of halogens is 13. The summed E-state index contributed by atoms with van der Waals surface area (Å²) in [6.45, 7) is 0. The van der Waals surface area contributed by atoms with Gasteiger partial charge in [0.25, 0.3) is 0 Å². The number of rotatable bonds is 1. The van der Waals surface area contributed by atoms with Gasteiger partial charge < -0.3 is 51.8 Å². The summed E-state index contributed by atoms with van der Waals surface area (Å²) in [5, 5.41) is 0.833. The first-order valence-electron chi connectivity index (χ1n) is 5.69. The monoisotopic (exact) mass is 425 g/mol. The van der Waals surface area contributed by atoms with Gasteiger partial charge >= 0.3 is 118 Å². The first-order valence-corrected chi connectivity index (χ1v) is 8.28. The molecule has 0 bridgehead atoms. The molecule has 0 saturated carbocycles. The predicted molar refractivity (Wildman–Crippen MR) is 71.5 cm³/mol. The van der Waals surface area contributed by atoms with Crippen LogP contribution in [0.3, 0.4) is 0 Å². The van der Waals surface area contributed by atoms with Gasteiger partial charge in [-0.15, -0.1) is 0 Å². The molecule has 24 heavy (non-hydrogen) atoms. The van der Waals surface area contributed by atoms with Crippen molar-refractivity contribution in [1.29, 1.82) is 0 Å². The van der Waals surface area contributed by atoms with Crippen LogP contribution in [0, 0.1) is 0 Å². The van der Waals surface area contributed by atoms with E-state index in [-0.39, 0.29) is 0 Å². The molecule has 1 aromatic carbocycles. The molecule has 138 valence electrons. The van der Waals surface area contributed by atoms with Crippen LogP contribution in [0.2, 0.25) is 5.02 Å². The van der Waals surface area contributed by atoms with Gasteiger partial charge in [0.1, 0.15) is 0 Å². The van der Waals surface area contributed by atoms with Crippen LogP contribution in [0.1, 0.15) is 5.56 Å². The van der Waals surface area contributed by atoms with Crippen molar-refractivity contribution in [2.45, 2.75) is 0.515 Å². The summed E-state index contributed by atoms with van der Waals surface area (Å²) >= 11 is 6.60. The van der Waals surface area contributed by atoms with Gasteiger partial charge in [-0.1, -0.05) is 0 Å². The molecule has 1 rings (SSSR count). The van der Waals surface area contributed by atoms with Crippen LogP contribution in [0.15, 0.2) is 24.3 Å². The molecule has 0 fully saturated rings. The molecule has 0 radical (unpaired) electrons. The van der Waals surface area contributed by atoms with Gasteiger partial charge in [-0.2, -0.15) is 0 Å². The molecule has 0 aliphatic heterocycles. The van der Waals surface area contributed by atoms with Gasteiger partial charge in [0.15, 0.2) is 0 Å². The van der Waals surface area contributed by atoms with E-state index in [0.717, 1.165) is 54.0 Å². The number of hydrogen-bond donors (Lipinski definition) is 0. The largest absolute Gasteiger partial charge is 0.673 e. The Bertz CT molecular complexity index is 370. The van der Waals surface area contributed by atoms with Crippen molar-refractivity contribution in [2.24, 2.45) is 0 Å². The van der Waals surface area contributed by atoms with E-state index in [9.17, 15) is 51.8 Å². The third-order valence-corrected chi connectivity index (χ3v) is 2.85. The molecule has 0 heterocycles. The number of hydrogen-bond acceptors (Lipinski definition) is 0. The maximum Gasteiger partial charge on any atom is 0.673 e. The third kappa shape index (κ3) is 66.6.